The molecule has 4 aromatic rings. The quantitative estimate of drug-likeness (QED) is 0.509. The van der Waals surface area contributed by atoms with Gasteiger partial charge in [0.15, 0.2) is 0 Å². The summed E-state index contributed by atoms with van der Waals surface area (Å²) < 4.78 is 10.4. The Morgan fingerprint density at radius 1 is 1.10 bits per heavy atom. The highest BCUT2D eigenvalue weighted by molar-refractivity contribution is 6.00. The number of methoxy groups -OCH3 is 1. The first-order valence-corrected chi connectivity index (χ1v) is 9.33. The van der Waals surface area contributed by atoms with Crippen molar-refractivity contribution in [1.82, 2.24) is 15.1 Å². The second-order valence-electron chi connectivity index (χ2n) is 6.52. The van der Waals surface area contributed by atoms with Crippen LogP contribution in [-0.4, -0.2) is 28.1 Å². The maximum atomic E-state index is 12.3. The number of anilines is 1. The summed E-state index contributed by atoms with van der Waals surface area (Å²) >= 11 is 0. The third-order valence-electron chi connectivity index (χ3n) is 4.53. The van der Waals surface area contributed by atoms with Crippen LogP contribution in [0.2, 0.25) is 0 Å². The van der Waals surface area contributed by atoms with Crippen molar-refractivity contribution in [3.05, 3.63) is 66.7 Å². The van der Waals surface area contributed by atoms with Crippen molar-refractivity contribution < 1.29 is 14.1 Å². The summed E-state index contributed by atoms with van der Waals surface area (Å²) in [5.74, 6) is 1.75. The zero-order valence-corrected chi connectivity index (χ0v) is 16.0. The summed E-state index contributed by atoms with van der Waals surface area (Å²) in [6.45, 7) is 0. The number of hydrogen-bond acceptors (Lipinski definition) is 6. The van der Waals surface area contributed by atoms with Crippen LogP contribution in [0.25, 0.3) is 22.3 Å². The molecule has 0 fully saturated rings. The number of benzene rings is 2. The lowest BCUT2D eigenvalue weighted by atomic mass is 10.1. The minimum Gasteiger partial charge on any atom is -0.497 e. The number of nitrogens with one attached hydrogen (secondary N) is 1. The highest BCUT2D eigenvalue weighted by Crippen LogP contribution is 2.22. The van der Waals surface area contributed by atoms with Crippen molar-refractivity contribution in [2.75, 3.05) is 12.4 Å². The summed E-state index contributed by atoms with van der Waals surface area (Å²) in [5.41, 5.74) is 2.46. The Labute approximate surface area is 167 Å². The zero-order valence-electron chi connectivity index (χ0n) is 16.0. The van der Waals surface area contributed by atoms with Crippen molar-refractivity contribution in [3.8, 4) is 17.1 Å². The van der Waals surface area contributed by atoms with Crippen molar-refractivity contribution in [2.24, 2.45) is 0 Å². The molecule has 7 nitrogen and oxygen atoms in total. The molecule has 0 atom stereocenters. The van der Waals surface area contributed by atoms with Crippen LogP contribution in [0.15, 0.2) is 65.3 Å². The minimum atomic E-state index is -0.0590. The molecule has 0 aliphatic carbocycles. The lowest BCUT2D eigenvalue weighted by molar-refractivity contribution is -0.116. The van der Waals surface area contributed by atoms with E-state index in [1.54, 1.807) is 13.3 Å². The number of hydrogen-bond donors (Lipinski definition) is 1. The molecule has 0 aliphatic rings. The van der Waals surface area contributed by atoms with E-state index in [1.807, 2.05) is 54.6 Å². The van der Waals surface area contributed by atoms with Gasteiger partial charge in [0.05, 0.1) is 18.3 Å². The third-order valence-corrected chi connectivity index (χ3v) is 4.53. The second kappa shape index (κ2) is 8.52. The van der Waals surface area contributed by atoms with E-state index in [0.29, 0.717) is 31.0 Å². The minimum absolute atomic E-state index is 0.0590. The number of fused-ring (bicyclic) bond motifs is 1. The molecule has 2 aromatic carbocycles. The van der Waals surface area contributed by atoms with E-state index in [-0.39, 0.29) is 5.91 Å². The number of aryl methyl sites for hydroxylation is 1. The van der Waals surface area contributed by atoms with E-state index in [4.69, 9.17) is 9.26 Å². The number of carbonyl (C=O) groups excluding carboxylic acids is 1. The van der Waals surface area contributed by atoms with Gasteiger partial charge in [-0.05, 0) is 55.0 Å². The van der Waals surface area contributed by atoms with E-state index in [0.717, 1.165) is 27.9 Å². The Balaban J connectivity index is 1.32. The molecule has 2 heterocycles. The Morgan fingerprint density at radius 2 is 1.97 bits per heavy atom. The van der Waals surface area contributed by atoms with Crippen LogP contribution < -0.4 is 10.1 Å². The van der Waals surface area contributed by atoms with Crippen LogP contribution in [0, 0.1) is 0 Å². The van der Waals surface area contributed by atoms with Crippen molar-refractivity contribution in [1.29, 1.82) is 0 Å². The molecule has 146 valence electrons. The highest BCUT2D eigenvalue weighted by atomic mass is 16.5. The van der Waals surface area contributed by atoms with Crippen LogP contribution in [0.3, 0.4) is 0 Å². The number of aromatic nitrogens is 3. The maximum Gasteiger partial charge on any atom is 0.226 e. The fraction of sp³-hybridized carbons (Fsp3) is 0.182. The SMILES string of the molecule is COc1ccc(-c2noc(CCCC(=O)Nc3cccc4ncccc34)n2)cc1. The van der Waals surface area contributed by atoms with Gasteiger partial charge in [-0.15, -0.1) is 0 Å². The normalized spacial score (nSPS) is 10.8. The van der Waals surface area contributed by atoms with Gasteiger partial charge < -0.3 is 14.6 Å². The third kappa shape index (κ3) is 4.40. The van der Waals surface area contributed by atoms with Gasteiger partial charge in [0, 0.05) is 30.0 Å². The average molecular weight is 388 g/mol. The van der Waals surface area contributed by atoms with Gasteiger partial charge in [0.2, 0.25) is 17.6 Å². The summed E-state index contributed by atoms with van der Waals surface area (Å²) in [4.78, 5) is 21.0. The van der Waals surface area contributed by atoms with Crippen molar-refractivity contribution in [2.45, 2.75) is 19.3 Å². The fourth-order valence-corrected chi connectivity index (χ4v) is 3.04. The monoisotopic (exact) mass is 388 g/mol. The molecule has 0 aliphatic heterocycles. The predicted octanol–water partition coefficient (Wildman–Crippen LogP) is 4.25. The van der Waals surface area contributed by atoms with Crippen LogP contribution in [0.5, 0.6) is 5.75 Å². The van der Waals surface area contributed by atoms with Gasteiger partial charge in [0.1, 0.15) is 5.75 Å². The zero-order chi connectivity index (χ0) is 20.1. The fourth-order valence-electron chi connectivity index (χ4n) is 3.04. The van der Waals surface area contributed by atoms with E-state index in [9.17, 15) is 4.79 Å². The average Bonchev–Trinajstić information content (AvgIpc) is 3.23. The highest BCUT2D eigenvalue weighted by Gasteiger charge is 2.11. The van der Waals surface area contributed by atoms with Gasteiger partial charge in [-0.3, -0.25) is 9.78 Å². The molecular weight excluding hydrogens is 368 g/mol. The molecule has 1 amide bonds. The van der Waals surface area contributed by atoms with Gasteiger partial charge in [-0.2, -0.15) is 4.98 Å². The molecule has 4 rings (SSSR count). The van der Waals surface area contributed by atoms with E-state index in [1.165, 1.54) is 0 Å². The molecule has 0 spiro atoms. The van der Waals surface area contributed by atoms with Gasteiger partial charge in [0.25, 0.3) is 0 Å². The largest absolute Gasteiger partial charge is 0.497 e. The number of rotatable bonds is 7. The number of amides is 1. The summed E-state index contributed by atoms with van der Waals surface area (Å²) in [6.07, 6.45) is 3.24. The second-order valence-corrected chi connectivity index (χ2v) is 6.52. The lowest BCUT2D eigenvalue weighted by Gasteiger charge is -2.07. The van der Waals surface area contributed by atoms with Gasteiger partial charge >= 0.3 is 0 Å². The smallest absolute Gasteiger partial charge is 0.226 e. The molecular formula is C22H20N4O3. The maximum absolute atomic E-state index is 12.3. The lowest BCUT2D eigenvalue weighted by Crippen LogP contribution is -2.11. The Bertz CT molecular complexity index is 1120. The predicted molar refractivity (Wildman–Crippen MR) is 110 cm³/mol. The molecule has 29 heavy (non-hydrogen) atoms. The van der Waals surface area contributed by atoms with Crippen LogP contribution in [0.4, 0.5) is 5.69 Å². The number of ether oxygens (including phenoxy) is 1. The standard InChI is InChI=1S/C22H20N4O3/c1-28-16-12-10-15(11-13-16)22-25-21(29-26-22)9-3-8-20(27)24-19-7-2-6-18-17(19)5-4-14-23-18/h2,4-7,10-14H,3,8-9H2,1H3,(H,24,27). The first-order valence-electron chi connectivity index (χ1n) is 9.33. The van der Waals surface area contributed by atoms with E-state index >= 15 is 0 Å². The molecule has 0 unspecified atom stereocenters. The first kappa shape index (κ1) is 18.6. The Morgan fingerprint density at radius 3 is 2.79 bits per heavy atom. The van der Waals surface area contributed by atoms with E-state index < -0.39 is 0 Å². The van der Waals surface area contributed by atoms with Crippen LogP contribution in [0.1, 0.15) is 18.7 Å². The number of pyridine rings is 1. The topological polar surface area (TPSA) is 90.1 Å². The van der Waals surface area contributed by atoms with Crippen LogP contribution >= 0.6 is 0 Å². The molecule has 7 heteroatoms. The molecule has 0 radical (unpaired) electrons. The first-order chi connectivity index (χ1) is 14.2. The summed E-state index contributed by atoms with van der Waals surface area (Å²) in [6, 6.07) is 16.9. The van der Waals surface area contributed by atoms with E-state index in [2.05, 4.69) is 20.4 Å². The van der Waals surface area contributed by atoms with Gasteiger partial charge in [-0.1, -0.05) is 11.2 Å². The van der Waals surface area contributed by atoms with Crippen LogP contribution in [-0.2, 0) is 11.2 Å². The summed E-state index contributed by atoms with van der Waals surface area (Å²) in [5, 5.41) is 7.88. The van der Waals surface area contributed by atoms with Crippen molar-refractivity contribution in [3.63, 3.8) is 0 Å². The number of carbonyl (C=O) groups is 1. The number of nitrogens with zero attached hydrogens (tertiary/aromatic N) is 3. The summed E-state index contributed by atoms with van der Waals surface area (Å²) in [7, 11) is 1.62. The molecule has 0 bridgehead atoms. The Hall–Kier alpha value is -3.74. The molecule has 1 N–H and O–H groups in total. The van der Waals surface area contributed by atoms with Crippen molar-refractivity contribution >= 4 is 22.5 Å². The Kier molecular flexibility index (Phi) is 5.47. The van der Waals surface area contributed by atoms with Gasteiger partial charge in [-0.25, -0.2) is 0 Å². The molecule has 0 saturated heterocycles. The molecule has 2 aromatic heterocycles. The molecule has 0 saturated carbocycles.